The summed E-state index contributed by atoms with van der Waals surface area (Å²) in [5.41, 5.74) is 0. The Bertz CT molecular complexity index is 352. The molecule has 1 aromatic carbocycles. The number of esters is 1. The Labute approximate surface area is 87.0 Å². The molecule has 1 rings (SSSR count). The van der Waals surface area contributed by atoms with E-state index >= 15 is 0 Å². The minimum Gasteiger partial charge on any atom is -0.422 e. The average molecular weight is 298 g/mol. The van der Waals surface area contributed by atoms with Crippen molar-refractivity contribution in [1.29, 1.82) is 0 Å². The first-order chi connectivity index (χ1) is 6.02. The first-order valence-electron chi connectivity index (χ1n) is 3.34. The van der Waals surface area contributed by atoms with E-state index in [0.29, 0.717) is 3.57 Å². The second kappa shape index (κ2) is 3.99. The molecule has 0 amide bonds. The number of benzene rings is 1. The molecule has 70 valence electrons. The molecule has 0 aliphatic rings. The zero-order valence-electron chi connectivity index (χ0n) is 6.61. The maximum atomic E-state index is 13.0. The van der Waals surface area contributed by atoms with Crippen LogP contribution in [0.1, 0.15) is 6.92 Å². The molecule has 0 spiro atoms. The van der Waals surface area contributed by atoms with Crippen LogP contribution in [0.4, 0.5) is 8.78 Å². The molecular weight excluding hydrogens is 293 g/mol. The van der Waals surface area contributed by atoms with Crippen molar-refractivity contribution in [2.75, 3.05) is 0 Å². The highest BCUT2D eigenvalue weighted by molar-refractivity contribution is 14.1. The lowest BCUT2D eigenvalue weighted by molar-refractivity contribution is -0.132. The van der Waals surface area contributed by atoms with Gasteiger partial charge in [0.2, 0.25) is 5.82 Å². The molecule has 0 bridgehead atoms. The van der Waals surface area contributed by atoms with E-state index in [4.69, 9.17) is 0 Å². The van der Waals surface area contributed by atoms with Gasteiger partial charge in [-0.25, -0.2) is 4.39 Å². The summed E-state index contributed by atoms with van der Waals surface area (Å²) in [4.78, 5) is 10.5. The Hall–Kier alpha value is -0.720. The summed E-state index contributed by atoms with van der Waals surface area (Å²) < 4.78 is 30.5. The number of hydrogen-bond donors (Lipinski definition) is 0. The number of hydrogen-bond acceptors (Lipinski definition) is 2. The number of rotatable bonds is 1. The zero-order valence-corrected chi connectivity index (χ0v) is 8.76. The summed E-state index contributed by atoms with van der Waals surface area (Å²) in [5.74, 6) is -3.20. The van der Waals surface area contributed by atoms with Crippen molar-refractivity contribution >= 4 is 28.6 Å². The van der Waals surface area contributed by atoms with Crippen molar-refractivity contribution in [2.24, 2.45) is 0 Å². The monoisotopic (exact) mass is 298 g/mol. The molecular formula is C8H5F2IO2. The summed E-state index contributed by atoms with van der Waals surface area (Å²) in [6, 6.07) is 2.31. The van der Waals surface area contributed by atoms with Crippen LogP contribution in [0.25, 0.3) is 0 Å². The molecule has 1 aromatic rings. The van der Waals surface area contributed by atoms with Crippen molar-refractivity contribution in [2.45, 2.75) is 6.92 Å². The van der Waals surface area contributed by atoms with Gasteiger partial charge in [-0.2, -0.15) is 4.39 Å². The van der Waals surface area contributed by atoms with Gasteiger partial charge in [0, 0.05) is 6.92 Å². The average Bonchev–Trinajstić information content (AvgIpc) is 2.05. The second-order valence-corrected chi connectivity index (χ2v) is 3.43. The first-order valence-corrected chi connectivity index (χ1v) is 4.42. The SMILES string of the molecule is CC(=O)Oc1c(I)ccc(F)c1F. The van der Waals surface area contributed by atoms with Gasteiger partial charge in [-0.15, -0.1) is 0 Å². The third-order valence-electron chi connectivity index (χ3n) is 1.25. The normalized spacial score (nSPS) is 9.85. The van der Waals surface area contributed by atoms with Gasteiger partial charge in [-0.3, -0.25) is 4.79 Å². The number of carbonyl (C=O) groups excluding carboxylic acids is 1. The predicted octanol–water partition coefficient (Wildman–Crippen LogP) is 2.49. The van der Waals surface area contributed by atoms with E-state index < -0.39 is 17.6 Å². The van der Waals surface area contributed by atoms with Crippen LogP contribution in [0.5, 0.6) is 5.75 Å². The lowest BCUT2D eigenvalue weighted by Crippen LogP contribution is -2.05. The van der Waals surface area contributed by atoms with Crippen molar-refractivity contribution in [3.63, 3.8) is 0 Å². The molecule has 13 heavy (non-hydrogen) atoms. The Balaban J connectivity index is 3.17. The zero-order chi connectivity index (χ0) is 10.0. The maximum Gasteiger partial charge on any atom is 0.308 e. The molecule has 0 unspecified atom stereocenters. The Kier molecular flexibility index (Phi) is 3.18. The van der Waals surface area contributed by atoms with Crippen molar-refractivity contribution in [1.82, 2.24) is 0 Å². The molecule has 0 radical (unpaired) electrons. The minimum atomic E-state index is -1.14. The molecule has 0 aliphatic heterocycles. The van der Waals surface area contributed by atoms with E-state index in [-0.39, 0.29) is 5.75 Å². The lowest BCUT2D eigenvalue weighted by atomic mass is 10.3. The minimum absolute atomic E-state index is 0.353. The van der Waals surface area contributed by atoms with Gasteiger partial charge in [0.25, 0.3) is 0 Å². The van der Waals surface area contributed by atoms with E-state index in [1.165, 1.54) is 6.07 Å². The molecule has 0 heterocycles. The van der Waals surface area contributed by atoms with E-state index in [0.717, 1.165) is 13.0 Å². The smallest absolute Gasteiger partial charge is 0.308 e. The van der Waals surface area contributed by atoms with Crippen LogP contribution >= 0.6 is 22.6 Å². The van der Waals surface area contributed by atoms with Crippen LogP contribution in [0, 0.1) is 15.2 Å². The van der Waals surface area contributed by atoms with E-state index in [9.17, 15) is 13.6 Å². The fraction of sp³-hybridized carbons (Fsp3) is 0.125. The van der Waals surface area contributed by atoms with Gasteiger partial charge in [-0.1, -0.05) is 0 Å². The number of halogens is 3. The molecule has 0 saturated heterocycles. The number of ether oxygens (including phenoxy) is 1. The number of carbonyl (C=O) groups is 1. The third kappa shape index (κ3) is 2.36. The largest absolute Gasteiger partial charge is 0.422 e. The van der Waals surface area contributed by atoms with Gasteiger partial charge in [0.05, 0.1) is 3.57 Å². The molecule has 0 atom stereocenters. The Morgan fingerprint density at radius 3 is 2.62 bits per heavy atom. The van der Waals surface area contributed by atoms with Crippen LogP contribution in [-0.4, -0.2) is 5.97 Å². The summed E-state index contributed by atoms with van der Waals surface area (Å²) in [6.45, 7) is 1.13. The molecule has 2 nitrogen and oxygen atoms in total. The third-order valence-corrected chi connectivity index (χ3v) is 2.10. The van der Waals surface area contributed by atoms with Crippen LogP contribution in [0.15, 0.2) is 12.1 Å². The maximum absolute atomic E-state index is 13.0. The molecule has 0 fully saturated rings. The van der Waals surface area contributed by atoms with Crippen LogP contribution in [-0.2, 0) is 4.79 Å². The standard InChI is InChI=1S/C8H5F2IO2/c1-4(12)13-8-6(11)3-2-5(9)7(8)10/h2-3H,1H3. The first kappa shape index (κ1) is 10.4. The van der Waals surface area contributed by atoms with E-state index in [2.05, 4.69) is 4.74 Å². The molecule has 5 heteroatoms. The van der Waals surface area contributed by atoms with E-state index in [1.807, 2.05) is 0 Å². The molecule has 0 N–H and O–H groups in total. The topological polar surface area (TPSA) is 26.3 Å². The molecule has 0 aromatic heterocycles. The van der Waals surface area contributed by atoms with Gasteiger partial charge < -0.3 is 4.74 Å². The quantitative estimate of drug-likeness (QED) is 0.345. The van der Waals surface area contributed by atoms with Crippen LogP contribution in [0.3, 0.4) is 0 Å². The van der Waals surface area contributed by atoms with Gasteiger partial charge in [-0.05, 0) is 34.7 Å². The van der Waals surface area contributed by atoms with Crippen molar-refractivity contribution in [3.05, 3.63) is 27.3 Å². The second-order valence-electron chi connectivity index (χ2n) is 2.27. The van der Waals surface area contributed by atoms with Gasteiger partial charge >= 0.3 is 5.97 Å². The van der Waals surface area contributed by atoms with Crippen LogP contribution in [0.2, 0.25) is 0 Å². The van der Waals surface area contributed by atoms with E-state index in [1.54, 1.807) is 22.6 Å². The highest BCUT2D eigenvalue weighted by atomic mass is 127. The summed E-state index contributed by atoms with van der Waals surface area (Å²) in [5, 5.41) is 0. The van der Waals surface area contributed by atoms with Gasteiger partial charge in [0.15, 0.2) is 11.6 Å². The fourth-order valence-electron chi connectivity index (χ4n) is 0.746. The lowest BCUT2D eigenvalue weighted by Gasteiger charge is -2.05. The van der Waals surface area contributed by atoms with Crippen molar-refractivity contribution in [3.8, 4) is 5.75 Å². The summed E-state index contributed by atoms with van der Waals surface area (Å²) in [7, 11) is 0. The molecule has 0 aliphatic carbocycles. The highest BCUT2D eigenvalue weighted by Crippen LogP contribution is 2.26. The van der Waals surface area contributed by atoms with Crippen molar-refractivity contribution < 1.29 is 18.3 Å². The van der Waals surface area contributed by atoms with Crippen LogP contribution < -0.4 is 4.74 Å². The predicted molar refractivity (Wildman–Crippen MR) is 50.4 cm³/mol. The summed E-state index contributed by atoms with van der Waals surface area (Å²) in [6.07, 6.45) is 0. The summed E-state index contributed by atoms with van der Waals surface area (Å²) >= 11 is 1.75. The van der Waals surface area contributed by atoms with Gasteiger partial charge in [0.1, 0.15) is 0 Å². The molecule has 0 saturated carbocycles. The fourth-order valence-corrected chi connectivity index (χ4v) is 1.27. The Morgan fingerprint density at radius 1 is 1.46 bits per heavy atom. The highest BCUT2D eigenvalue weighted by Gasteiger charge is 2.14. The Morgan fingerprint density at radius 2 is 2.08 bits per heavy atom.